The van der Waals surface area contributed by atoms with Gasteiger partial charge >= 0.3 is 0 Å². The van der Waals surface area contributed by atoms with Gasteiger partial charge in [-0.05, 0) is 24.1 Å². The summed E-state index contributed by atoms with van der Waals surface area (Å²) >= 11 is 11.8. The van der Waals surface area contributed by atoms with Crippen molar-refractivity contribution in [1.82, 2.24) is 21.7 Å². The third-order valence-electron chi connectivity index (χ3n) is 4.00. The zero-order valence-electron chi connectivity index (χ0n) is 14.2. The minimum Gasteiger partial charge on any atom is -0.482 e. The summed E-state index contributed by atoms with van der Waals surface area (Å²) in [5.41, 5.74) is 11.8. The van der Waals surface area contributed by atoms with Crippen molar-refractivity contribution >= 4 is 35.0 Å². The fourth-order valence-corrected chi connectivity index (χ4v) is 2.95. The summed E-state index contributed by atoms with van der Waals surface area (Å²) in [6.07, 6.45) is 0.556. The van der Waals surface area contributed by atoms with Gasteiger partial charge in [-0.25, -0.2) is 10.9 Å². The Bertz CT molecular complexity index is 820. The van der Waals surface area contributed by atoms with Crippen LogP contribution < -0.4 is 26.4 Å². The zero-order chi connectivity index (χ0) is 19.2. The predicted octanol–water partition coefficient (Wildman–Crippen LogP) is 2.13. The molecule has 0 radical (unpaired) electrons. The van der Waals surface area contributed by atoms with Gasteiger partial charge in [-0.1, -0.05) is 53.5 Å². The molecule has 4 N–H and O–H groups in total. The smallest absolute Gasteiger partial charge is 0.276 e. The average Bonchev–Trinajstić information content (AvgIpc) is 3.18. The average molecular weight is 409 g/mol. The van der Waals surface area contributed by atoms with Crippen LogP contribution in [-0.2, 0) is 9.59 Å². The number of amides is 2. The van der Waals surface area contributed by atoms with Crippen molar-refractivity contribution in [3.8, 4) is 5.75 Å². The summed E-state index contributed by atoms with van der Waals surface area (Å²) < 4.78 is 5.30. The van der Waals surface area contributed by atoms with Crippen LogP contribution in [0.1, 0.15) is 18.0 Å². The number of benzene rings is 2. The summed E-state index contributed by atoms with van der Waals surface area (Å²) in [6.45, 7) is -0.316. The van der Waals surface area contributed by atoms with E-state index in [1.165, 1.54) is 6.07 Å². The van der Waals surface area contributed by atoms with E-state index in [0.717, 1.165) is 5.56 Å². The maximum Gasteiger partial charge on any atom is 0.276 e. The molecule has 1 saturated heterocycles. The Labute approximate surface area is 166 Å². The molecule has 1 fully saturated rings. The number of rotatable bonds is 5. The van der Waals surface area contributed by atoms with Crippen molar-refractivity contribution in [2.75, 3.05) is 6.61 Å². The number of ether oxygens (including phenoxy) is 1. The lowest BCUT2D eigenvalue weighted by Crippen LogP contribution is -2.51. The molecule has 142 valence electrons. The molecular weight excluding hydrogens is 391 g/mol. The van der Waals surface area contributed by atoms with Crippen LogP contribution in [0.25, 0.3) is 0 Å². The van der Waals surface area contributed by atoms with Crippen molar-refractivity contribution in [2.24, 2.45) is 0 Å². The maximum atomic E-state index is 12.2. The van der Waals surface area contributed by atoms with Gasteiger partial charge < -0.3 is 4.74 Å². The van der Waals surface area contributed by atoms with Gasteiger partial charge in [0.25, 0.3) is 11.8 Å². The molecule has 1 aliphatic rings. The van der Waals surface area contributed by atoms with E-state index in [0.29, 0.717) is 16.5 Å². The third-order valence-corrected chi connectivity index (χ3v) is 4.55. The van der Waals surface area contributed by atoms with E-state index in [4.69, 9.17) is 27.9 Å². The lowest BCUT2D eigenvalue weighted by molar-refractivity contribution is -0.130. The first-order valence-electron chi connectivity index (χ1n) is 8.25. The predicted molar refractivity (Wildman–Crippen MR) is 102 cm³/mol. The topological polar surface area (TPSA) is 91.5 Å². The van der Waals surface area contributed by atoms with Crippen molar-refractivity contribution in [3.05, 3.63) is 64.1 Å². The Morgan fingerprint density at radius 2 is 1.85 bits per heavy atom. The van der Waals surface area contributed by atoms with Crippen LogP contribution in [0.5, 0.6) is 5.75 Å². The highest BCUT2D eigenvalue weighted by molar-refractivity contribution is 6.34. The Morgan fingerprint density at radius 1 is 1.07 bits per heavy atom. The van der Waals surface area contributed by atoms with E-state index in [9.17, 15) is 9.59 Å². The van der Waals surface area contributed by atoms with E-state index in [1.54, 1.807) is 12.1 Å². The van der Waals surface area contributed by atoms with Crippen LogP contribution in [-0.4, -0.2) is 24.5 Å². The van der Waals surface area contributed by atoms with Gasteiger partial charge in [0, 0.05) is 17.1 Å². The monoisotopic (exact) mass is 408 g/mol. The molecule has 0 bridgehead atoms. The number of hydrazine groups is 2. The Balaban J connectivity index is 1.42. The molecule has 7 nitrogen and oxygen atoms in total. The van der Waals surface area contributed by atoms with Crippen molar-refractivity contribution < 1.29 is 14.3 Å². The second kappa shape index (κ2) is 9.05. The molecule has 2 aromatic carbocycles. The standard InChI is InChI=1S/C18H18Cl2N4O3/c19-12-6-7-13(20)16(8-12)27-10-17(25)23-24-18(26)15-9-14(21-22-15)11-4-2-1-3-5-11/h1-8,14-15,21-22H,9-10H2,(H,23,25)(H,24,26). The molecule has 27 heavy (non-hydrogen) atoms. The summed E-state index contributed by atoms with van der Waals surface area (Å²) in [5, 5.41) is 0.778. The minimum absolute atomic E-state index is 0.0194. The second-order valence-corrected chi connectivity index (χ2v) is 6.78. The highest BCUT2D eigenvalue weighted by atomic mass is 35.5. The first kappa shape index (κ1) is 19.4. The molecule has 0 spiro atoms. The lowest BCUT2D eigenvalue weighted by Gasteiger charge is -2.12. The number of carbonyl (C=O) groups is 2. The molecular formula is C18H18Cl2N4O3. The maximum absolute atomic E-state index is 12.2. The van der Waals surface area contributed by atoms with Crippen LogP contribution in [0.3, 0.4) is 0 Å². The molecule has 3 rings (SSSR count). The Morgan fingerprint density at radius 3 is 2.63 bits per heavy atom. The highest BCUT2D eigenvalue weighted by Crippen LogP contribution is 2.27. The number of carbonyl (C=O) groups excluding carboxylic acids is 2. The summed E-state index contributed by atoms with van der Waals surface area (Å²) in [5.74, 6) is -0.585. The molecule has 0 saturated carbocycles. The van der Waals surface area contributed by atoms with E-state index < -0.39 is 11.9 Å². The van der Waals surface area contributed by atoms with Gasteiger partial charge in [0.1, 0.15) is 11.8 Å². The quantitative estimate of drug-likeness (QED) is 0.568. The van der Waals surface area contributed by atoms with Crippen LogP contribution >= 0.6 is 23.2 Å². The zero-order valence-corrected chi connectivity index (χ0v) is 15.7. The van der Waals surface area contributed by atoms with Crippen LogP contribution in [0, 0.1) is 0 Å². The molecule has 2 aromatic rings. The largest absolute Gasteiger partial charge is 0.482 e. The van der Waals surface area contributed by atoms with Crippen molar-refractivity contribution in [3.63, 3.8) is 0 Å². The molecule has 2 unspecified atom stereocenters. The molecule has 1 heterocycles. The SMILES string of the molecule is O=C(COc1cc(Cl)ccc1Cl)NNC(=O)C1CC(c2ccccc2)NN1. The summed E-state index contributed by atoms with van der Waals surface area (Å²) in [7, 11) is 0. The van der Waals surface area contributed by atoms with Crippen LogP contribution in [0.15, 0.2) is 48.5 Å². The van der Waals surface area contributed by atoms with E-state index in [1.807, 2.05) is 30.3 Å². The fourth-order valence-electron chi connectivity index (χ4n) is 2.62. The first-order valence-corrected chi connectivity index (χ1v) is 9.01. The normalized spacial score (nSPS) is 18.7. The number of nitrogens with one attached hydrogen (secondary N) is 4. The van der Waals surface area contributed by atoms with Crippen molar-refractivity contribution in [1.29, 1.82) is 0 Å². The minimum atomic E-state index is -0.523. The van der Waals surface area contributed by atoms with Gasteiger partial charge in [0.05, 0.1) is 5.02 Å². The molecule has 1 aliphatic heterocycles. The molecule has 2 amide bonds. The molecule has 0 aliphatic carbocycles. The molecule has 0 aromatic heterocycles. The highest BCUT2D eigenvalue weighted by Gasteiger charge is 2.30. The van der Waals surface area contributed by atoms with E-state index in [-0.39, 0.29) is 24.3 Å². The lowest BCUT2D eigenvalue weighted by atomic mass is 10.0. The van der Waals surface area contributed by atoms with Gasteiger partial charge in [-0.15, -0.1) is 0 Å². The molecule has 2 atom stereocenters. The van der Waals surface area contributed by atoms with Crippen LogP contribution in [0.2, 0.25) is 10.0 Å². The number of halogens is 2. The Kier molecular flexibility index (Phi) is 6.52. The number of hydrogen-bond donors (Lipinski definition) is 4. The van der Waals surface area contributed by atoms with Gasteiger partial charge in [-0.3, -0.25) is 20.4 Å². The Hall–Kier alpha value is -2.32. The van der Waals surface area contributed by atoms with Gasteiger partial charge in [0.15, 0.2) is 6.61 Å². The summed E-state index contributed by atoms with van der Waals surface area (Å²) in [6, 6.07) is 14.0. The van der Waals surface area contributed by atoms with Gasteiger partial charge in [-0.2, -0.15) is 0 Å². The van der Waals surface area contributed by atoms with Crippen molar-refractivity contribution in [2.45, 2.75) is 18.5 Å². The number of hydrogen-bond acceptors (Lipinski definition) is 5. The van der Waals surface area contributed by atoms with E-state index in [2.05, 4.69) is 21.7 Å². The molecule has 9 heteroatoms. The van der Waals surface area contributed by atoms with E-state index >= 15 is 0 Å². The first-order chi connectivity index (χ1) is 13.0. The third kappa shape index (κ3) is 5.33. The second-order valence-electron chi connectivity index (χ2n) is 5.94. The van der Waals surface area contributed by atoms with Gasteiger partial charge in [0.2, 0.25) is 0 Å². The fraction of sp³-hybridized carbons (Fsp3) is 0.222. The van der Waals surface area contributed by atoms with Crippen LogP contribution in [0.4, 0.5) is 0 Å². The summed E-state index contributed by atoms with van der Waals surface area (Å²) in [4.78, 5) is 24.0.